The molecule has 0 fully saturated rings. The molecule has 1 heterocycles. The lowest BCUT2D eigenvalue weighted by atomic mass is 10.3. The Kier molecular flexibility index (Phi) is 4.41. The Balaban J connectivity index is 1.98. The summed E-state index contributed by atoms with van der Waals surface area (Å²) in [5, 5.41) is 11.2. The number of benzene rings is 1. The van der Waals surface area contributed by atoms with Crippen molar-refractivity contribution in [2.45, 2.75) is 26.4 Å². The van der Waals surface area contributed by atoms with E-state index >= 15 is 0 Å². The maximum Gasteiger partial charge on any atom is 0.238 e. The van der Waals surface area contributed by atoms with Crippen molar-refractivity contribution >= 4 is 0 Å². The molecule has 19 heavy (non-hydrogen) atoms. The van der Waals surface area contributed by atoms with Crippen LogP contribution in [0.5, 0.6) is 11.6 Å². The minimum Gasteiger partial charge on any atom is -0.437 e. The predicted octanol–water partition coefficient (Wildman–Crippen LogP) is 2.91. The zero-order chi connectivity index (χ0) is 13.7. The Morgan fingerprint density at radius 2 is 2.05 bits per heavy atom. The molecular weight excluding hydrogens is 245 g/mol. The Bertz CT molecular complexity index is 528. The van der Waals surface area contributed by atoms with Gasteiger partial charge in [-0.2, -0.15) is 5.10 Å². The highest BCUT2D eigenvalue weighted by atomic mass is 19.1. The number of hydrogen-bond donors (Lipinski definition) is 1. The number of hydrogen-bond acceptors (Lipinski definition) is 4. The lowest BCUT2D eigenvalue weighted by Gasteiger charge is -2.07. The number of nitrogens with one attached hydrogen (secondary N) is 1. The molecule has 1 aromatic heterocycles. The molecule has 0 spiro atoms. The van der Waals surface area contributed by atoms with E-state index < -0.39 is 0 Å². The molecule has 0 saturated carbocycles. The van der Waals surface area contributed by atoms with Crippen molar-refractivity contribution in [2.24, 2.45) is 0 Å². The van der Waals surface area contributed by atoms with E-state index in [9.17, 15) is 4.39 Å². The fraction of sp³-hybridized carbons (Fsp3) is 0.286. The summed E-state index contributed by atoms with van der Waals surface area (Å²) >= 11 is 0. The van der Waals surface area contributed by atoms with Crippen LogP contribution in [-0.2, 0) is 6.54 Å². The van der Waals surface area contributed by atoms with E-state index in [1.165, 1.54) is 12.1 Å². The van der Waals surface area contributed by atoms with E-state index in [0.29, 0.717) is 24.2 Å². The first kappa shape index (κ1) is 13.4. The highest BCUT2D eigenvalue weighted by Gasteiger charge is 2.02. The van der Waals surface area contributed by atoms with E-state index in [-0.39, 0.29) is 5.82 Å². The van der Waals surface area contributed by atoms with Gasteiger partial charge in [-0.25, -0.2) is 4.39 Å². The first-order chi connectivity index (χ1) is 9.13. The fourth-order valence-corrected chi connectivity index (χ4v) is 1.46. The zero-order valence-corrected chi connectivity index (χ0v) is 10.9. The van der Waals surface area contributed by atoms with Gasteiger partial charge in [0, 0.05) is 24.7 Å². The van der Waals surface area contributed by atoms with E-state index in [1.807, 2.05) is 6.07 Å². The van der Waals surface area contributed by atoms with Crippen molar-refractivity contribution in [1.82, 2.24) is 15.5 Å². The minimum absolute atomic E-state index is 0.344. The number of rotatable bonds is 5. The predicted molar refractivity (Wildman–Crippen MR) is 70.5 cm³/mol. The molecule has 100 valence electrons. The highest BCUT2D eigenvalue weighted by Crippen LogP contribution is 2.19. The van der Waals surface area contributed by atoms with Gasteiger partial charge >= 0.3 is 0 Å². The molecule has 0 radical (unpaired) electrons. The Morgan fingerprint density at radius 1 is 1.21 bits per heavy atom. The smallest absolute Gasteiger partial charge is 0.238 e. The standard InChI is InChI=1S/C14H16FN3O/c1-10(2)16-9-12-6-7-14(18-17-12)19-13-5-3-4-11(15)8-13/h3-8,10,16H,9H2,1-2H3. The van der Waals surface area contributed by atoms with Crippen LogP contribution >= 0.6 is 0 Å². The molecule has 0 atom stereocenters. The molecule has 0 aliphatic carbocycles. The van der Waals surface area contributed by atoms with Crippen molar-refractivity contribution in [1.29, 1.82) is 0 Å². The topological polar surface area (TPSA) is 47.0 Å². The molecule has 5 heteroatoms. The second kappa shape index (κ2) is 6.24. The van der Waals surface area contributed by atoms with Gasteiger partial charge in [0.25, 0.3) is 0 Å². The van der Waals surface area contributed by atoms with Gasteiger partial charge in [-0.15, -0.1) is 5.10 Å². The van der Waals surface area contributed by atoms with Gasteiger partial charge in [0.05, 0.1) is 5.69 Å². The Morgan fingerprint density at radius 3 is 2.68 bits per heavy atom. The number of aromatic nitrogens is 2. The van der Waals surface area contributed by atoms with Gasteiger partial charge in [-0.3, -0.25) is 0 Å². The average Bonchev–Trinajstić information content (AvgIpc) is 2.38. The third kappa shape index (κ3) is 4.30. The monoisotopic (exact) mass is 261 g/mol. The minimum atomic E-state index is -0.344. The number of halogens is 1. The maximum absolute atomic E-state index is 13.0. The van der Waals surface area contributed by atoms with Crippen molar-refractivity contribution in [3.63, 3.8) is 0 Å². The largest absolute Gasteiger partial charge is 0.437 e. The molecular formula is C14H16FN3O. The van der Waals surface area contributed by atoms with Crippen molar-refractivity contribution in [3.8, 4) is 11.6 Å². The molecule has 0 aliphatic heterocycles. The highest BCUT2D eigenvalue weighted by molar-refractivity contribution is 5.27. The zero-order valence-electron chi connectivity index (χ0n) is 10.9. The lowest BCUT2D eigenvalue weighted by Crippen LogP contribution is -2.22. The van der Waals surface area contributed by atoms with Crippen molar-refractivity contribution in [3.05, 3.63) is 47.9 Å². The summed E-state index contributed by atoms with van der Waals surface area (Å²) < 4.78 is 18.4. The van der Waals surface area contributed by atoms with Crippen molar-refractivity contribution in [2.75, 3.05) is 0 Å². The summed E-state index contributed by atoms with van der Waals surface area (Å²) in [6.45, 7) is 4.79. The maximum atomic E-state index is 13.0. The van der Waals surface area contributed by atoms with Gasteiger partial charge in [0.1, 0.15) is 11.6 Å². The number of nitrogens with zero attached hydrogens (tertiary/aromatic N) is 2. The third-order valence-corrected chi connectivity index (χ3v) is 2.41. The van der Waals surface area contributed by atoms with Gasteiger partial charge < -0.3 is 10.1 Å². The first-order valence-electron chi connectivity index (χ1n) is 6.13. The van der Waals surface area contributed by atoms with Crippen LogP contribution < -0.4 is 10.1 Å². The summed E-state index contributed by atoms with van der Waals surface area (Å²) in [4.78, 5) is 0. The van der Waals surface area contributed by atoms with Gasteiger partial charge in [0.15, 0.2) is 0 Å². The summed E-state index contributed by atoms with van der Waals surface area (Å²) in [5.41, 5.74) is 0.834. The molecule has 2 rings (SSSR count). The second-order valence-corrected chi connectivity index (χ2v) is 4.46. The SMILES string of the molecule is CC(C)NCc1ccc(Oc2cccc(F)c2)nn1. The average molecular weight is 261 g/mol. The van der Waals surface area contributed by atoms with Crippen LogP contribution in [0.2, 0.25) is 0 Å². The fourth-order valence-electron chi connectivity index (χ4n) is 1.46. The van der Waals surface area contributed by atoms with Crippen LogP contribution in [0.3, 0.4) is 0 Å². The third-order valence-electron chi connectivity index (χ3n) is 2.41. The van der Waals surface area contributed by atoms with Crippen LogP contribution in [0.15, 0.2) is 36.4 Å². The van der Waals surface area contributed by atoms with E-state index in [4.69, 9.17) is 4.74 Å². The molecule has 0 bridgehead atoms. The van der Waals surface area contributed by atoms with Gasteiger partial charge in [-0.05, 0) is 18.2 Å². The Labute approximate surface area is 111 Å². The van der Waals surface area contributed by atoms with E-state index in [1.54, 1.807) is 18.2 Å². The summed E-state index contributed by atoms with van der Waals surface area (Å²) in [5.74, 6) is 0.407. The molecule has 2 aromatic rings. The van der Waals surface area contributed by atoms with E-state index in [2.05, 4.69) is 29.4 Å². The molecule has 0 aliphatic rings. The quantitative estimate of drug-likeness (QED) is 0.899. The van der Waals surface area contributed by atoms with Crippen molar-refractivity contribution < 1.29 is 9.13 Å². The Hall–Kier alpha value is -2.01. The summed E-state index contributed by atoms with van der Waals surface area (Å²) in [7, 11) is 0. The molecule has 1 aromatic carbocycles. The normalized spacial score (nSPS) is 10.7. The molecule has 0 unspecified atom stereocenters. The number of ether oxygens (including phenoxy) is 1. The summed E-state index contributed by atoms with van der Waals surface area (Å²) in [6, 6.07) is 9.85. The molecule has 0 amide bonds. The van der Waals surface area contributed by atoms with Crippen LogP contribution in [0.4, 0.5) is 4.39 Å². The van der Waals surface area contributed by atoms with Gasteiger partial charge in [0.2, 0.25) is 5.88 Å². The van der Waals surface area contributed by atoms with Gasteiger partial charge in [-0.1, -0.05) is 19.9 Å². The van der Waals surface area contributed by atoms with Crippen LogP contribution in [0, 0.1) is 5.82 Å². The lowest BCUT2D eigenvalue weighted by molar-refractivity contribution is 0.448. The second-order valence-electron chi connectivity index (χ2n) is 4.46. The van der Waals surface area contributed by atoms with Crippen LogP contribution in [0.1, 0.15) is 19.5 Å². The molecule has 0 saturated heterocycles. The van der Waals surface area contributed by atoms with Crippen LogP contribution in [-0.4, -0.2) is 16.2 Å². The first-order valence-corrected chi connectivity index (χ1v) is 6.13. The molecule has 4 nitrogen and oxygen atoms in total. The molecule has 1 N–H and O–H groups in total. The van der Waals surface area contributed by atoms with Crippen LogP contribution in [0.25, 0.3) is 0 Å². The van der Waals surface area contributed by atoms with E-state index in [0.717, 1.165) is 5.69 Å². The summed E-state index contributed by atoms with van der Waals surface area (Å²) in [6.07, 6.45) is 0.